The van der Waals surface area contributed by atoms with Crippen molar-refractivity contribution in [2.45, 2.75) is 4.90 Å². The van der Waals surface area contributed by atoms with Crippen LogP contribution in [0, 0.1) is 0 Å². The molecule has 1 aliphatic heterocycles. The van der Waals surface area contributed by atoms with Gasteiger partial charge in [-0.05, 0) is 30.3 Å². The van der Waals surface area contributed by atoms with Crippen LogP contribution < -0.4 is 5.32 Å². The lowest BCUT2D eigenvalue weighted by atomic mass is 10.1. The lowest BCUT2D eigenvalue weighted by molar-refractivity contribution is 0.0693. The van der Waals surface area contributed by atoms with Crippen molar-refractivity contribution in [3.63, 3.8) is 0 Å². The molecule has 2 aromatic rings. The lowest BCUT2D eigenvalue weighted by Crippen LogP contribution is -2.26. The number of imide groups is 1. The largest absolute Gasteiger partial charge is 0.351 e. The summed E-state index contributed by atoms with van der Waals surface area (Å²) < 4.78 is 0. The summed E-state index contributed by atoms with van der Waals surface area (Å²) in [6.45, 7) is 0.516. The van der Waals surface area contributed by atoms with Gasteiger partial charge in [0.15, 0.2) is 0 Å². The van der Waals surface area contributed by atoms with E-state index in [2.05, 4.69) is 5.32 Å². The zero-order chi connectivity index (χ0) is 17.1. The fourth-order valence-corrected chi connectivity index (χ4v) is 3.24. The van der Waals surface area contributed by atoms with Crippen LogP contribution in [0.25, 0.3) is 0 Å². The molecule has 0 aliphatic carbocycles. The predicted molar refractivity (Wildman–Crippen MR) is 92.4 cm³/mol. The average Bonchev–Trinajstić information content (AvgIpc) is 2.83. The monoisotopic (exact) mass is 340 g/mol. The molecule has 0 bridgehead atoms. The Labute approximate surface area is 144 Å². The van der Waals surface area contributed by atoms with Gasteiger partial charge in [-0.15, -0.1) is 11.8 Å². The fraction of sp³-hybridized carbons (Fsp3) is 0.167. The highest BCUT2D eigenvalue weighted by Crippen LogP contribution is 2.22. The molecule has 0 saturated carbocycles. The third-order valence-corrected chi connectivity index (χ3v) is 4.77. The van der Waals surface area contributed by atoms with Crippen LogP contribution in [-0.4, -0.2) is 42.0 Å². The summed E-state index contributed by atoms with van der Waals surface area (Å²) in [5, 5.41) is 2.83. The summed E-state index contributed by atoms with van der Waals surface area (Å²) in [5.41, 5.74) is 1.02. The SMILES string of the molecule is CN1C(=O)c2ccc(C(=O)NCCSc3ccccc3)cc2C1=O. The molecule has 6 heteroatoms. The van der Waals surface area contributed by atoms with Crippen LogP contribution in [0.3, 0.4) is 0 Å². The Morgan fingerprint density at radius 3 is 2.50 bits per heavy atom. The number of benzene rings is 2. The normalized spacial score (nSPS) is 13.1. The first kappa shape index (κ1) is 16.3. The topological polar surface area (TPSA) is 66.5 Å². The van der Waals surface area contributed by atoms with E-state index in [-0.39, 0.29) is 23.3 Å². The van der Waals surface area contributed by atoms with E-state index in [1.54, 1.807) is 17.8 Å². The molecule has 0 aromatic heterocycles. The maximum Gasteiger partial charge on any atom is 0.261 e. The van der Waals surface area contributed by atoms with E-state index >= 15 is 0 Å². The molecule has 0 unspecified atom stereocenters. The third kappa shape index (κ3) is 3.19. The Bertz CT molecular complexity index is 805. The Balaban J connectivity index is 1.58. The molecule has 0 atom stereocenters. The number of thioether (sulfide) groups is 1. The average molecular weight is 340 g/mol. The quantitative estimate of drug-likeness (QED) is 0.516. The molecule has 2 aromatic carbocycles. The Hall–Kier alpha value is -2.60. The van der Waals surface area contributed by atoms with Gasteiger partial charge in [0.25, 0.3) is 17.7 Å². The number of nitrogens with one attached hydrogen (secondary N) is 1. The smallest absolute Gasteiger partial charge is 0.261 e. The number of hydrogen-bond acceptors (Lipinski definition) is 4. The highest BCUT2D eigenvalue weighted by Gasteiger charge is 2.33. The molecule has 24 heavy (non-hydrogen) atoms. The van der Waals surface area contributed by atoms with Gasteiger partial charge in [0, 0.05) is 29.8 Å². The summed E-state index contributed by atoms with van der Waals surface area (Å²) >= 11 is 1.66. The summed E-state index contributed by atoms with van der Waals surface area (Å²) in [4.78, 5) is 38.2. The highest BCUT2D eigenvalue weighted by molar-refractivity contribution is 7.99. The lowest BCUT2D eigenvalue weighted by Gasteiger charge is -2.06. The van der Waals surface area contributed by atoms with Crippen LogP contribution in [0.15, 0.2) is 53.4 Å². The highest BCUT2D eigenvalue weighted by atomic mass is 32.2. The van der Waals surface area contributed by atoms with E-state index < -0.39 is 0 Å². The van der Waals surface area contributed by atoms with E-state index in [4.69, 9.17) is 0 Å². The second-order valence-electron chi connectivity index (χ2n) is 5.35. The summed E-state index contributed by atoms with van der Waals surface area (Å²) in [7, 11) is 1.44. The van der Waals surface area contributed by atoms with E-state index in [1.165, 1.54) is 19.2 Å². The number of fused-ring (bicyclic) bond motifs is 1. The molecule has 1 aliphatic rings. The number of carbonyl (C=O) groups excluding carboxylic acids is 3. The number of nitrogens with zero attached hydrogens (tertiary/aromatic N) is 1. The molecule has 5 nitrogen and oxygen atoms in total. The third-order valence-electron chi connectivity index (χ3n) is 3.75. The van der Waals surface area contributed by atoms with Crippen LogP contribution >= 0.6 is 11.8 Å². The Kier molecular flexibility index (Phi) is 4.66. The maximum atomic E-state index is 12.2. The van der Waals surface area contributed by atoms with Crippen molar-refractivity contribution in [1.82, 2.24) is 10.2 Å². The van der Waals surface area contributed by atoms with Crippen molar-refractivity contribution in [3.05, 3.63) is 65.2 Å². The minimum atomic E-state index is -0.371. The van der Waals surface area contributed by atoms with Gasteiger partial charge < -0.3 is 5.32 Å². The van der Waals surface area contributed by atoms with Gasteiger partial charge >= 0.3 is 0 Å². The molecule has 0 saturated heterocycles. The van der Waals surface area contributed by atoms with Gasteiger partial charge in [-0.25, -0.2) is 0 Å². The van der Waals surface area contributed by atoms with Crippen molar-refractivity contribution in [3.8, 4) is 0 Å². The van der Waals surface area contributed by atoms with E-state index in [1.807, 2.05) is 30.3 Å². The van der Waals surface area contributed by atoms with Crippen LogP contribution in [0.5, 0.6) is 0 Å². The second-order valence-corrected chi connectivity index (χ2v) is 6.52. The van der Waals surface area contributed by atoms with Gasteiger partial charge in [-0.3, -0.25) is 19.3 Å². The van der Waals surface area contributed by atoms with Crippen molar-refractivity contribution in [1.29, 1.82) is 0 Å². The molecule has 1 N–H and O–H groups in total. The predicted octanol–water partition coefficient (Wildman–Crippen LogP) is 2.43. The van der Waals surface area contributed by atoms with Crippen molar-refractivity contribution in [2.75, 3.05) is 19.3 Å². The molecule has 122 valence electrons. The van der Waals surface area contributed by atoms with Crippen molar-refractivity contribution in [2.24, 2.45) is 0 Å². The van der Waals surface area contributed by atoms with Gasteiger partial charge in [0.2, 0.25) is 0 Å². The standard InChI is InChI=1S/C18H16N2O3S/c1-20-17(22)14-8-7-12(11-15(14)18(20)23)16(21)19-9-10-24-13-5-3-2-4-6-13/h2-8,11H,9-10H2,1H3,(H,19,21). The van der Waals surface area contributed by atoms with Crippen LogP contribution in [-0.2, 0) is 0 Å². The first-order valence-corrected chi connectivity index (χ1v) is 8.49. The first-order valence-electron chi connectivity index (χ1n) is 7.50. The van der Waals surface area contributed by atoms with E-state index in [9.17, 15) is 14.4 Å². The number of rotatable bonds is 5. The Morgan fingerprint density at radius 2 is 1.75 bits per heavy atom. The van der Waals surface area contributed by atoms with Gasteiger partial charge in [-0.2, -0.15) is 0 Å². The molecular weight excluding hydrogens is 324 g/mol. The number of hydrogen-bond donors (Lipinski definition) is 1. The number of carbonyl (C=O) groups is 3. The number of amides is 3. The second kappa shape index (κ2) is 6.88. The molecule has 3 amide bonds. The van der Waals surface area contributed by atoms with E-state index in [0.29, 0.717) is 17.7 Å². The zero-order valence-electron chi connectivity index (χ0n) is 13.1. The minimum Gasteiger partial charge on any atom is -0.351 e. The molecule has 0 radical (unpaired) electrons. The molecule has 3 rings (SSSR count). The minimum absolute atomic E-state index is 0.249. The van der Waals surface area contributed by atoms with Crippen LogP contribution in [0.4, 0.5) is 0 Å². The summed E-state index contributed by atoms with van der Waals surface area (Å²) in [6.07, 6.45) is 0. The van der Waals surface area contributed by atoms with Crippen molar-refractivity contribution >= 4 is 29.5 Å². The molecular formula is C18H16N2O3S. The summed E-state index contributed by atoms with van der Waals surface area (Å²) in [5.74, 6) is -0.201. The van der Waals surface area contributed by atoms with E-state index in [0.717, 1.165) is 15.5 Å². The van der Waals surface area contributed by atoms with Crippen molar-refractivity contribution < 1.29 is 14.4 Å². The van der Waals surface area contributed by atoms with Gasteiger partial charge in [0.1, 0.15) is 0 Å². The fourth-order valence-electron chi connectivity index (χ4n) is 2.45. The molecule has 0 fully saturated rings. The van der Waals surface area contributed by atoms with Crippen LogP contribution in [0.1, 0.15) is 31.1 Å². The molecule has 1 heterocycles. The maximum absolute atomic E-state index is 12.2. The van der Waals surface area contributed by atoms with Gasteiger partial charge in [0.05, 0.1) is 11.1 Å². The summed E-state index contributed by atoms with van der Waals surface area (Å²) in [6, 6.07) is 14.5. The molecule has 0 spiro atoms. The Morgan fingerprint density at radius 1 is 1.04 bits per heavy atom. The first-order chi connectivity index (χ1) is 11.6. The van der Waals surface area contributed by atoms with Crippen LogP contribution in [0.2, 0.25) is 0 Å². The van der Waals surface area contributed by atoms with Gasteiger partial charge in [-0.1, -0.05) is 18.2 Å². The zero-order valence-corrected chi connectivity index (χ0v) is 13.9.